The lowest BCUT2D eigenvalue weighted by Crippen LogP contribution is -1.96. The smallest absolute Gasteiger partial charge is 0.269 e. The SMILES string of the molecule is CCCCCCCCOc1ccc(N=Cc2ccc([N+](=O)[O-])cc2)cc1. The summed E-state index contributed by atoms with van der Waals surface area (Å²) >= 11 is 0. The summed E-state index contributed by atoms with van der Waals surface area (Å²) in [5, 5.41) is 10.6. The summed E-state index contributed by atoms with van der Waals surface area (Å²) in [5.74, 6) is 0.854. The van der Waals surface area contributed by atoms with E-state index in [2.05, 4.69) is 11.9 Å². The minimum Gasteiger partial charge on any atom is -0.494 e. The highest BCUT2D eigenvalue weighted by Crippen LogP contribution is 2.19. The van der Waals surface area contributed by atoms with Crippen LogP contribution in [0.4, 0.5) is 11.4 Å². The van der Waals surface area contributed by atoms with E-state index in [1.165, 1.54) is 44.2 Å². The van der Waals surface area contributed by atoms with Crippen molar-refractivity contribution >= 4 is 17.6 Å². The number of non-ortho nitro benzene ring substituents is 1. The quantitative estimate of drug-likeness (QED) is 0.212. The number of nitro benzene ring substituents is 1. The van der Waals surface area contributed by atoms with Gasteiger partial charge in [-0.2, -0.15) is 0 Å². The molecule has 2 rings (SSSR count). The molecule has 5 nitrogen and oxygen atoms in total. The molecule has 26 heavy (non-hydrogen) atoms. The van der Waals surface area contributed by atoms with Gasteiger partial charge in [0.05, 0.1) is 17.2 Å². The van der Waals surface area contributed by atoms with E-state index in [1.54, 1.807) is 18.3 Å². The lowest BCUT2D eigenvalue weighted by molar-refractivity contribution is -0.384. The van der Waals surface area contributed by atoms with Gasteiger partial charge >= 0.3 is 0 Å². The molecule has 0 saturated carbocycles. The van der Waals surface area contributed by atoms with Gasteiger partial charge in [0.25, 0.3) is 5.69 Å². The molecule has 5 heteroatoms. The van der Waals surface area contributed by atoms with E-state index in [1.807, 2.05) is 24.3 Å². The van der Waals surface area contributed by atoms with Crippen molar-refractivity contribution in [3.8, 4) is 5.75 Å². The molecule has 0 heterocycles. The number of rotatable bonds is 11. The lowest BCUT2D eigenvalue weighted by atomic mass is 10.1. The van der Waals surface area contributed by atoms with Gasteiger partial charge < -0.3 is 4.74 Å². The highest BCUT2D eigenvalue weighted by atomic mass is 16.6. The largest absolute Gasteiger partial charge is 0.494 e. The number of nitrogens with zero attached hydrogens (tertiary/aromatic N) is 2. The molecular weight excluding hydrogens is 328 g/mol. The Morgan fingerprint density at radius 2 is 1.62 bits per heavy atom. The van der Waals surface area contributed by atoms with Crippen LogP contribution in [-0.2, 0) is 0 Å². The van der Waals surface area contributed by atoms with Gasteiger partial charge in [0.2, 0.25) is 0 Å². The van der Waals surface area contributed by atoms with Crippen molar-refractivity contribution in [2.24, 2.45) is 4.99 Å². The molecule has 0 N–H and O–H groups in total. The van der Waals surface area contributed by atoms with Gasteiger partial charge in [0.1, 0.15) is 5.75 Å². The lowest BCUT2D eigenvalue weighted by Gasteiger charge is -2.06. The first-order valence-electron chi connectivity index (χ1n) is 9.20. The second kappa shape index (κ2) is 11.0. The fourth-order valence-electron chi connectivity index (χ4n) is 2.53. The number of benzene rings is 2. The summed E-state index contributed by atoms with van der Waals surface area (Å²) in [7, 11) is 0. The normalized spacial score (nSPS) is 11.0. The third-order valence-corrected chi connectivity index (χ3v) is 4.07. The number of hydrogen-bond donors (Lipinski definition) is 0. The zero-order valence-corrected chi connectivity index (χ0v) is 15.3. The maximum atomic E-state index is 10.6. The molecule has 0 atom stereocenters. The van der Waals surface area contributed by atoms with E-state index in [9.17, 15) is 10.1 Å². The summed E-state index contributed by atoms with van der Waals surface area (Å²) in [4.78, 5) is 14.6. The summed E-state index contributed by atoms with van der Waals surface area (Å²) in [6.45, 7) is 2.97. The van der Waals surface area contributed by atoms with E-state index in [0.29, 0.717) is 0 Å². The van der Waals surface area contributed by atoms with Gasteiger partial charge in [-0.25, -0.2) is 0 Å². The highest BCUT2D eigenvalue weighted by Gasteiger charge is 2.02. The average Bonchev–Trinajstić information content (AvgIpc) is 2.67. The summed E-state index contributed by atoms with van der Waals surface area (Å²) < 4.78 is 5.75. The molecule has 0 radical (unpaired) electrons. The van der Waals surface area contributed by atoms with E-state index in [0.717, 1.165) is 30.0 Å². The Hall–Kier alpha value is -2.69. The van der Waals surface area contributed by atoms with Crippen molar-refractivity contribution in [3.63, 3.8) is 0 Å². The van der Waals surface area contributed by atoms with Gasteiger partial charge in [-0.1, -0.05) is 39.0 Å². The first kappa shape index (κ1) is 19.6. The summed E-state index contributed by atoms with van der Waals surface area (Å²) in [5.41, 5.74) is 1.71. The Bertz CT molecular complexity index is 694. The maximum absolute atomic E-state index is 10.6. The van der Waals surface area contributed by atoms with Crippen molar-refractivity contribution in [1.82, 2.24) is 0 Å². The van der Waals surface area contributed by atoms with E-state index in [4.69, 9.17) is 4.74 Å². The second-order valence-electron chi connectivity index (χ2n) is 6.22. The second-order valence-corrected chi connectivity index (χ2v) is 6.22. The fourth-order valence-corrected chi connectivity index (χ4v) is 2.53. The maximum Gasteiger partial charge on any atom is 0.269 e. The molecular formula is C21H26N2O3. The third-order valence-electron chi connectivity index (χ3n) is 4.07. The molecule has 0 fully saturated rings. The zero-order valence-electron chi connectivity index (χ0n) is 15.3. The Balaban J connectivity index is 1.75. The third kappa shape index (κ3) is 7.05. The van der Waals surface area contributed by atoms with Gasteiger partial charge in [-0.15, -0.1) is 0 Å². The van der Waals surface area contributed by atoms with Crippen LogP contribution in [0.25, 0.3) is 0 Å². The summed E-state index contributed by atoms with van der Waals surface area (Å²) in [6.07, 6.45) is 9.20. The van der Waals surface area contributed by atoms with Crippen LogP contribution in [0.1, 0.15) is 51.0 Å². The van der Waals surface area contributed by atoms with Gasteiger partial charge in [0.15, 0.2) is 0 Å². The number of aliphatic imine (C=N–C) groups is 1. The molecule has 0 aliphatic rings. The Kier molecular flexibility index (Phi) is 8.33. The van der Waals surface area contributed by atoms with Crippen LogP contribution in [0.2, 0.25) is 0 Å². The molecule has 0 amide bonds. The van der Waals surface area contributed by atoms with Crippen LogP contribution in [-0.4, -0.2) is 17.7 Å². The Labute approximate surface area is 154 Å². The average molecular weight is 354 g/mol. The predicted molar refractivity (Wildman–Crippen MR) is 106 cm³/mol. The molecule has 2 aromatic rings. The fraction of sp³-hybridized carbons (Fsp3) is 0.381. The minimum atomic E-state index is -0.412. The molecule has 0 saturated heterocycles. The number of ether oxygens (including phenoxy) is 1. The van der Waals surface area contributed by atoms with Crippen LogP contribution >= 0.6 is 0 Å². The molecule has 0 bridgehead atoms. The predicted octanol–water partition coefficient (Wildman–Crippen LogP) is 6.08. The Morgan fingerprint density at radius 3 is 2.27 bits per heavy atom. The van der Waals surface area contributed by atoms with Crippen LogP contribution in [0.5, 0.6) is 5.75 Å². The van der Waals surface area contributed by atoms with Crippen molar-refractivity contribution < 1.29 is 9.66 Å². The molecule has 138 valence electrons. The number of unbranched alkanes of at least 4 members (excludes halogenated alkanes) is 5. The molecule has 0 spiro atoms. The van der Waals surface area contributed by atoms with Crippen molar-refractivity contribution in [1.29, 1.82) is 0 Å². The van der Waals surface area contributed by atoms with Crippen molar-refractivity contribution in [3.05, 3.63) is 64.2 Å². The van der Waals surface area contributed by atoms with Crippen LogP contribution in [0.3, 0.4) is 0 Å². The van der Waals surface area contributed by atoms with E-state index < -0.39 is 4.92 Å². The topological polar surface area (TPSA) is 64.7 Å². The highest BCUT2D eigenvalue weighted by molar-refractivity contribution is 5.82. The standard InChI is InChI=1S/C21H26N2O3/c1-2-3-4-5-6-7-16-26-21-14-10-19(11-15-21)22-17-18-8-12-20(13-9-18)23(24)25/h8-15,17H,2-7,16H2,1H3. The van der Waals surface area contributed by atoms with E-state index >= 15 is 0 Å². The van der Waals surface area contributed by atoms with Crippen molar-refractivity contribution in [2.75, 3.05) is 6.61 Å². The molecule has 0 unspecified atom stereocenters. The number of hydrogen-bond acceptors (Lipinski definition) is 4. The zero-order chi connectivity index (χ0) is 18.6. The van der Waals surface area contributed by atoms with E-state index in [-0.39, 0.29) is 5.69 Å². The first-order valence-corrected chi connectivity index (χ1v) is 9.20. The molecule has 0 aromatic heterocycles. The van der Waals surface area contributed by atoms with Gasteiger partial charge in [-0.05, 0) is 48.4 Å². The Morgan fingerprint density at radius 1 is 0.962 bits per heavy atom. The van der Waals surface area contributed by atoms with Gasteiger partial charge in [0, 0.05) is 18.3 Å². The monoisotopic (exact) mass is 354 g/mol. The molecule has 0 aliphatic heterocycles. The minimum absolute atomic E-state index is 0.0778. The van der Waals surface area contributed by atoms with Gasteiger partial charge in [-0.3, -0.25) is 15.1 Å². The molecule has 2 aromatic carbocycles. The summed E-state index contributed by atoms with van der Waals surface area (Å²) in [6, 6.07) is 13.9. The molecule has 0 aliphatic carbocycles. The van der Waals surface area contributed by atoms with Crippen LogP contribution in [0.15, 0.2) is 53.5 Å². The first-order chi connectivity index (χ1) is 12.7. The van der Waals surface area contributed by atoms with Crippen molar-refractivity contribution in [2.45, 2.75) is 45.4 Å². The van der Waals surface area contributed by atoms with Crippen LogP contribution < -0.4 is 4.74 Å². The number of nitro groups is 1. The van der Waals surface area contributed by atoms with Crippen LogP contribution in [0, 0.1) is 10.1 Å².